The monoisotopic (exact) mass is 340 g/mol. The van der Waals surface area contributed by atoms with E-state index in [2.05, 4.69) is 22.1 Å². The van der Waals surface area contributed by atoms with Crippen LogP contribution in [0.1, 0.15) is 35.3 Å². The van der Waals surface area contributed by atoms with Gasteiger partial charge in [0.2, 0.25) is 0 Å². The van der Waals surface area contributed by atoms with Gasteiger partial charge in [0, 0.05) is 39.5 Å². The zero-order valence-corrected chi connectivity index (χ0v) is 14.8. The van der Waals surface area contributed by atoms with Crippen LogP contribution in [-0.2, 0) is 18.4 Å². The Morgan fingerprint density at radius 3 is 2.88 bits per heavy atom. The zero-order valence-electron chi connectivity index (χ0n) is 14.8. The van der Waals surface area contributed by atoms with Crippen molar-refractivity contribution >= 4 is 17.3 Å². The molecule has 2 aliphatic heterocycles. The molecule has 1 aromatic heterocycles. The van der Waals surface area contributed by atoms with E-state index in [0.717, 1.165) is 25.2 Å². The number of hydrogen-bond donors (Lipinski definition) is 0. The quantitative estimate of drug-likeness (QED) is 0.862. The Labute approximate surface area is 148 Å². The van der Waals surface area contributed by atoms with Gasteiger partial charge < -0.3 is 14.5 Å². The number of nitrogens with zero attached hydrogens (tertiary/aromatic N) is 4. The van der Waals surface area contributed by atoms with E-state index in [4.69, 9.17) is 4.74 Å². The first-order chi connectivity index (χ1) is 12.2. The molecule has 0 aliphatic carbocycles. The summed E-state index contributed by atoms with van der Waals surface area (Å²) in [6.07, 6.45) is 5.38. The molecule has 4 rings (SSSR count). The summed E-state index contributed by atoms with van der Waals surface area (Å²) in [6.45, 7) is 2.15. The molecule has 1 fully saturated rings. The molecule has 2 aromatic rings. The third kappa shape index (κ3) is 2.80. The Morgan fingerprint density at radius 1 is 1.28 bits per heavy atom. The molecule has 1 saturated heterocycles. The summed E-state index contributed by atoms with van der Waals surface area (Å²) in [5.74, 6) is 0.0119. The van der Waals surface area contributed by atoms with Crippen molar-refractivity contribution < 1.29 is 9.53 Å². The predicted octanol–water partition coefficient (Wildman–Crippen LogP) is 2.59. The number of methoxy groups -OCH3 is 1. The maximum absolute atomic E-state index is 13.3. The zero-order chi connectivity index (χ0) is 17.4. The van der Waals surface area contributed by atoms with Crippen LogP contribution in [0.15, 0.2) is 30.5 Å². The number of rotatable bonds is 3. The van der Waals surface area contributed by atoms with Gasteiger partial charge in [0.05, 0.1) is 23.5 Å². The maximum Gasteiger partial charge on any atom is 0.261 e. The molecule has 0 spiro atoms. The van der Waals surface area contributed by atoms with Gasteiger partial charge in [-0.3, -0.25) is 9.48 Å². The van der Waals surface area contributed by atoms with E-state index in [9.17, 15) is 4.79 Å². The van der Waals surface area contributed by atoms with Crippen molar-refractivity contribution in [3.63, 3.8) is 0 Å². The van der Waals surface area contributed by atoms with Gasteiger partial charge in [-0.15, -0.1) is 0 Å². The standard InChI is InChI=1S/C19H24N4O2/c1-21-12-15(16(20-21)13-25-2)19(24)23-11-14-7-5-6-10-22(14)17-8-3-4-9-18(17)23/h3-4,8-9,12,14H,5-7,10-11,13H2,1-2H3/t14-/m0/s1. The van der Waals surface area contributed by atoms with Crippen molar-refractivity contribution in [3.8, 4) is 0 Å². The Morgan fingerprint density at radius 2 is 2.08 bits per heavy atom. The summed E-state index contributed by atoms with van der Waals surface area (Å²) < 4.78 is 6.90. The van der Waals surface area contributed by atoms with Crippen LogP contribution in [0.2, 0.25) is 0 Å². The van der Waals surface area contributed by atoms with E-state index >= 15 is 0 Å². The first kappa shape index (κ1) is 16.1. The molecule has 132 valence electrons. The fourth-order valence-electron chi connectivity index (χ4n) is 4.05. The van der Waals surface area contributed by atoms with Crippen LogP contribution < -0.4 is 9.80 Å². The SMILES string of the molecule is COCc1nn(C)cc1C(=O)N1C[C@@H]2CCCCN2c2ccccc21. The first-order valence-corrected chi connectivity index (χ1v) is 8.88. The number of amides is 1. The number of hydrogen-bond acceptors (Lipinski definition) is 4. The fourth-order valence-corrected chi connectivity index (χ4v) is 4.05. The molecule has 1 aromatic carbocycles. The van der Waals surface area contributed by atoms with Crippen molar-refractivity contribution in [1.29, 1.82) is 0 Å². The molecule has 0 unspecified atom stereocenters. The Kier molecular flexibility index (Phi) is 4.21. The topological polar surface area (TPSA) is 50.6 Å². The van der Waals surface area contributed by atoms with E-state index < -0.39 is 0 Å². The molecule has 25 heavy (non-hydrogen) atoms. The second-order valence-corrected chi connectivity index (χ2v) is 6.84. The Hall–Kier alpha value is -2.34. The van der Waals surface area contributed by atoms with Crippen LogP contribution in [0.25, 0.3) is 0 Å². The fraction of sp³-hybridized carbons (Fsp3) is 0.474. The van der Waals surface area contributed by atoms with Crippen molar-refractivity contribution in [2.75, 3.05) is 30.0 Å². The highest BCUT2D eigenvalue weighted by atomic mass is 16.5. The number of ether oxygens (including phenoxy) is 1. The number of aromatic nitrogens is 2. The lowest BCUT2D eigenvalue weighted by atomic mass is 9.96. The van der Waals surface area contributed by atoms with Crippen LogP contribution in [0.4, 0.5) is 11.4 Å². The Bertz CT molecular complexity index is 785. The molecule has 0 saturated carbocycles. The molecule has 0 radical (unpaired) electrons. The van der Waals surface area contributed by atoms with Gasteiger partial charge in [0.15, 0.2) is 0 Å². The number of anilines is 2. The van der Waals surface area contributed by atoms with Crippen molar-refractivity contribution in [1.82, 2.24) is 9.78 Å². The lowest BCUT2D eigenvalue weighted by molar-refractivity contribution is 0.0977. The number of benzene rings is 1. The van der Waals surface area contributed by atoms with Crippen LogP contribution in [0.5, 0.6) is 0 Å². The molecule has 6 nitrogen and oxygen atoms in total. The third-order valence-electron chi connectivity index (χ3n) is 5.16. The van der Waals surface area contributed by atoms with Crippen LogP contribution in [0, 0.1) is 0 Å². The summed E-state index contributed by atoms with van der Waals surface area (Å²) in [4.78, 5) is 17.7. The highest BCUT2D eigenvalue weighted by Crippen LogP contribution is 2.39. The van der Waals surface area contributed by atoms with Crippen LogP contribution in [0.3, 0.4) is 0 Å². The van der Waals surface area contributed by atoms with E-state index in [1.807, 2.05) is 24.1 Å². The Balaban J connectivity index is 1.73. The molecular formula is C19H24N4O2. The van der Waals surface area contributed by atoms with Crippen molar-refractivity contribution in [2.45, 2.75) is 31.9 Å². The van der Waals surface area contributed by atoms with Gasteiger partial charge in [0.25, 0.3) is 5.91 Å². The minimum atomic E-state index is 0.0119. The summed E-state index contributed by atoms with van der Waals surface area (Å²) in [5, 5.41) is 4.39. The van der Waals surface area contributed by atoms with Gasteiger partial charge in [0.1, 0.15) is 5.69 Å². The number of piperidine rings is 1. The molecule has 1 amide bonds. The number of aryl methyl sites for hydroxylation is 1. The van der Waals surface area contributed by atoms with Gasteiger partial charge >= 0.3 is 0 Å². The molecule has 3 heterocycles. The van der Waals surface area contributed by atoms with E-state index in [1.54, 1.807) is 18.0 Å². The second kappa shape index (κ2) is 6.52. The minimum Gasteiger partial charge on any atom is -0.378 e. The molecule has 0 bridgehead atoms. The first-order valence-electron chi connectivity index (χ1n) is 8.88. The van der Waals surface area contributed by atoms with Crippen LogP contribution >= 0.6 is 0 Å². The highest BCUT2D eigenvalue weighted by molar-refractivity contribution is 6.09. The minimum absolute atomic E-state index is 0.0119. The van der Waals surface area contributed by atoms with Gasteiger partial charge in [-0.1, -0.05) is 12.1 Å². The van der Waals surface area contributed by atoms with Crippen LogP contribution in [-0.4, -0.2) is 41.9 Å². The van der Waals surface area contributed by atoms with Gasteiger partial charge in [-0.2, -0.15) is 5.10 Å². The van der Waals surface area contributed by atoms with E-state index in [0.29, 0.717) is 23.9 Å². The molecule has 1 atom stereocenters. The van der Waals surface area contributed by atoms with Crippen molar-refractivity contribution in [2.24, 2.45) is 7.05 Å². The largest absolute Gasteiger partial charge is 0.378 e. The summed E-state index contributed by atoms with van der Waals surface area (Å²) in [7, 11) is 3.46. The lowest BCUT2D eigenvalue weighted by Gasteiger charge is -2.46. The smallest absolute Gasteiger partial charge is 0.261 e. The molecule has 6 heteroatoms. The molecule has 2 aliphatic rings. The average molecular weight is 340 g/mol. The highest BCUT2D eigenvalue weighted by Gasteiger charge is 2.36. The van der Waals surface area contributed by atoms with Gasteiger partial charge in [-0.05, 0) is 31.4 Å². The predicted molar refractivity (Wildman–Crippen MR) is 97.0 cm³/mol. The third-order valence-corrected chi connectivity index (χ3v) is 5.16. The summed E-state index contributed by atoms with van der Waals surface area (Å²) >= 11 is 0. The molecular weight excluding hydrogens is 316 g/mol. The van der Waals surface area contributed by atoms with Crippen molar-refractivity contribution in [3.05, 3.63) is 41.7 Å². The summed E-state index contributed by atoms with van der Waals surface area (Å²) in [6, 6.07) is 8.63. The summed E-state index contributed by atoms with van der Waals surface area (Å²) in [5.41, 5.74) is 3.49. The number of carbonyl (C=O) groups excluding carboxylic acids is 1. The number of para-hydroxylation sites is 2. The van der Waals surface area contributed by atoms with Gasteiger partial charge in [-0.25, -0.2) is 0 Å². The van der Waals surface area contributed by atoms with E-state index in [1.165, 1.54) is 18.5 Å². The average Bonchev–Trinajstić information content (AvgIpc) is 3.01. The second-order valence-electron chi connectivity index (χ2n) is 6.84. The molecule has 0 N–H and O–H groups in total. The number of fused-ring (bicyclic) bond motifs is 3. The lowest BCUT2D eigenvalue weighted by Crippen LogP contribution is -2.53. The maximum atomic E-state index is 13.3. The van der Waals surface area contributed by atoms with E-state index in [-0.39, 0.29) is 5.91 Å². The number of carbonyl (C=O) groups is 1. The normalized spacial score (nSPS) is 19.5.